The van der Waals surface area contributed by atoms with Gasteiger partial charge in [-0.05, 0) is 60.7 Å². The van der Waals surface area contributed by atoms with Gasteiger partial charge in [-0.15, -0.1) is 0 Å². The van der Waals surface area contributed by atoms with E-state index >= 15 is 0 Å². The molecule has 1 saturated heterocycles. The molecule has 2 heterocycles. The largest absolute Gasteiger partial charge is 0.367 e. The van der Waals surface area contributed by atoms with Gasteiger partial charge in [0.1, 0.15) is 17.7 Å². The number of nitrogens with zero attached hydrogens (tertiary/aromatic N) is 3. The van der Waals surface area contributed by atoms with Crippen molar-refractivity contribution in [1.82, 2.24) is 9.88 Å². The van der Waals surface area contributed by atoms with E-state index in [9.17, 15) is 23.6 Å². The highest BCUT2D eigenvalue weighted by Crippen LogP contribution is 2.23. The van der Waals surface area contributed by atoms with Gasteiger partial charge in [0.25, 0.3) is 5.56 Å². The molecule has 1 amide bonds. The van der Waals surface area contributed by atoms with Gasteiger partial charge in [0.15, 0.2) is 0 Å². The Kier molecular flexibility index (Phi) is 5.91. The van der Waals surface area contributed by atoms with Gasteiger partial charge < -0.3 is 14.8 Å². The summed E-state index contributed by atoms with van der Waals surface area (Å²) in [6.45, 7) is 3.68. The summed E-state index contributed by atoms with van der Waals surface area (Å²) in [6.07, 6.45) is 0.592. The van der Waals surface area contributed by atoms with Crippen molar-refractivity contribution in [1.29, 1.82) is 5.26 Å². The maximum absolute atomic E-state index is 13.6. The maximum Gasteiger partial charge on any atom is 0.256 e. The number of carbonyl (C=O) groups excluding carboxylic acids is 1. The molecule has 0 aliphatic carbocycles. The molecule has 0 bridgehead atoms. The Morgan fingerprint density at radius 1 is 1.06 bits per heavy atom. The van der Waals surface area contributed by atoms with Crippen molar-refractivity contribution in [3.05, 3.63) is 75.2 Å². The number of nitriles is 1. The number of nitrogens with one attached hydrogen (secondary N) is 1. The van der Waals surface area contributed by atoms with Gasteiger partial charge in [0.2, 0.25) is 5.91 Å². The Balaban J connectivity index is 1.40. The highest BCUT2D eigenvalue weighted by atomic mass is 19.1. The summed E-state index contributed by atoms with van der Waals surface area (Å²) >= 11 is 0. The van der Waals surface area contributed by atoms with Crippen LogP contribution in [0.3, 0.4) is 0 Å². The lowest BCUT2D eigenvalue weighted by Gasteiger charge is -2.36. The van der Waals surface area contributed by atoms with Gasteiger partial charge in [-0.2, -0.15) is 5.26 Å². The molecule has 2 aromatic carbocycles. The minimum Gasteiger partial charge on any atom is -0.367 e. The second kappa shape index (κ2) is 8.79. The maximum atomic E-state index is 13.6. The Labute approximate surface area is 183 Å². The minimum atomic E-state index is -0.456. The number of rotatable bonds is 4. The zero-order valence-corrected chi connectivity index (χ0v) is 17.6. The summed E-state index contributed by atoms with van der Waals surface area (Å²) in [5.41, 5.74) is 1.87. The van der Waals surface area contributed by atoms with Gasteiger partial charge >= 0.3 is 0 Å². The molecule has 0 radical (unpaired) electrons. The first kappa shape index (κ1) is 21.5. The van der Waals surface area contributed by atoms with Gasteiger partial charge in [-0.25, -0.2) is 8.78 Å². The van der Waals surface area contributed by atoms with Crippen LogP contribution in [0.1, 0.15) is 23.2 Å². The van der Waals surface area contributed by atoms with Crippen LogP contribution in [0, 0.1) is 29.9 Å². The first-order chi connectivity index (χ1) is 15.4. The summed E-state index contributed by atoms with van der Waals surface area (Å²) in [6, 6.07) is 10.5. The van der Waals surface area contributed by atoms with Gasteiger partial charge in [-0.3, -0.25) is 9.59 Å². The molecular weight excluding hydrogens is 414 g/mol. The third-order valence-electron chi connectivity index (χ3n) is 5.85. The lowest BCUT2D eigenvalue weighted by Crippen LogP contribution is -2.49. The second-order valence-corrected chi connectivity index (χ2v) is 7.95. The Morgan fingerprint density at radius 2 is 1.81 bits per heavy atom. The molecule has 32 heavy (non-hydrogen) atoms. The van der Waals surface area contributed by atoms with E-state index in [1.165, 1.54) is 30.3 Å². The quantitative estimate of drug-likeness (QED) is 0.681. The number of amides is 1. The van der Waals surface area contributed by atoms with Crippen molar-refractivity contribution >= 4 is 22.4 Å². The molecule has 8 heteroatoms. The van der Waals surface area contributed by atoms with Crippen LogP contribution in [0.5, 0.6) is 0 Å². The molecule has 1 aliphatic rings. The lowest BCUT2D eigenvalue weighted by atomic mass is 10.0. The van der Waals surface area contributed by atoms with E-state index < -0.39 is 11.6 Å². The van der Waals surface area contributed by atoms with E-state index in [1.807, 2.05) is 4.90 Å². The second-order valence-electron chi connectivity index (χ2n) is 7.95. The monoisotopic (exact) mass is 436 g/mol. The van der Waals surface area contributed by atoms with E-state index in [-0.39, 0.29) is 17.9 Å². The number of carbonyl (C=O) groups is 1. The third-order valence-corrected chi connectivity index (χ3v) is 5.85. The van der Waals surface area contributed by atoms with E-state index in [4.69, 9.17) is 0 Å². The van der Waals surface area contributed by atoms with Crippen LogP contribution in [0.4, 0.5) is 14.5 Å². The first-order valence-electron chi connectivity index (χ1n) is 10.4. The summed E-state index contributed by atoms with van der Waals surface area (Å²) in [5.74, 6) is -0.899. The van der Waals surface area contributed by atoms with Crippen molar-refractivity contribution in [2.45, 2.75) is 19.8 Å². The fourth-order valence-electron chi connectivity index (χ4n) is 4.15. The van der Waals surface area contributed by atoms with E-state index in [0.717, 1.165) is 0 Å². The van der Waals surface area contributed by atoms with Crippen molar-refractivity contribution < 1.29 is 13.6 Å². The number of aromatic amines is 1. The number of anilines is 1. The topological polar surface area (TPSA) is 80.2 Å². The number of benzene rings is 2. The molecule has 6 nitrogen and oxygen atoms in total. The Morgan fingerprint density at radius 3 is 2.53 bits per heavy atom. The molecule has 3 aromatic rings. The number of fused-ring (bicyclic) bond motifs is 1. The normalized spacial score (nSPS) is 13.9. The summed E-state index contributed by atoms with van der Waals surface area (Å²) < 4.78 is 27.2. The van der Waals surface area contributed by atoms with Crippen LogP contribution in [-0.2, 0) is 11.2 Å². The van der Waals surface area contributed by atoms with Crippen molar-refractivity contribution in [2.24, 2.45) is 0 Å². The van der Waals surface area contributed by atoms with Crippen molar-refractivity contribution in [2.75, 3.05) is 31.1 Å². The van der Waals surface area contributed by atoms with E-state index in [1.54, 1.807) is 17.9 Å². The smallest absolute Gasteiger partial charge is 0.256 e. The van der Waals surface area contributed by atoms with Crippen molar-refractivity contribution in [3.63, 3.8) is 0 Å². The van der Waals surface area contributed by atoms with E-state index in [2.05, 4.69) is 11.1 Å². The Hall–Kier alpha value is -3.73. The molecule has 164 valence electrons. The van der Waals surface area contributed by atoms with Crippen LogP contribution >= 0.6 is 0 Å². The van der Waals surface area contributed by atoms with Gasteiger partial charge in [-0.1, -0.05) is 0 Å². The van der Waals surface area contributed by atoms with Crippen molar-refractivity contribution in [3.8, 4) is 6.07 Å². The fourth-order valence-corrected chi connectivity index (χ4v) is 4.15. The molecule has 0 spiro atoms. The molecule has 0 atom stereocenters. The molecule has 1 aromatic heterocycles. The number of piperazine rings is 1. The Bertz CT molecular complexity index is 1290. The zero-order chi connectivity index (χ0) is 22.8. The standard InChI is InChI=1S/C24H22F2N4O2/c1-15-10-18(26)11-21-20(15)13-19(28-24(21)32)4-5-23(31)30-8-6-29(7-9-30)22-12-17(25)3-2-16(22)14-27/h2-3,10-13H,4-9H2,1H3,(H,28,32). The highest BCUT2D eigenvalue weighted by molar-refractivity contribution is 5.85. The zero-order valence-electron chi connectivity index (χ0n) is 17.6. The number of aromatic nitrogens is 1. The molecule has 1 aliphatic heterocycles. The minimum absolute atomic E-state index is 0.0406. The molecule has 1 fully saturated rings. The van der Waals surface area contributed by atoms with Crippen LogP contribution < -0.4 is 10.5 Å². The summed E-state index contributed by atoms with van der Waals surface area (Å²) in [7, 11) is 0. The van der Waals surface area contributed by atoms with E-state index in [0.29, 0.717) is 65.9 Å². The number of aryl methyl sites for hydroxylation is 2. The average Bonchev–Trinajstić information content (AvgIpc) is 2.78. The number of hydrogen-bond donors (Lipinski definition) is 1. The lowest BCUT2D eigenvalue weighted by molar-refractivity contribution is -0.131. The summed E-state index contributed by atoms with van der Waals surface area (Å²) in [5, 5.41) is 10.2. The predicted octanol–water partition coefficient (Wildman–Crippen LogP) is 3.27. The van der Waals surface area contributed by atoms with Crippen LogP contribution in [0.25, 0.3) is 10.8 Å². The third kappa shape index (κ3) is 4.33. The number of H-pyrrole nitrogens is 1. The molecule has 4 rings (SSSR count). The predicted molar refractivity (Wildman–Crippen MR) is 117 cm³/mol. The van der Waals surface area contributed by atoms with Gasteiger partial charge in [0, 0.05) is 38.3 Å². The molecular formula is C24H22F2N4O2. The number of pyridine rings is 1. The number of halogens is 2. The fraction of sp³-hybridized carbons (Fsp3) is 0.292. The highest BCUT2D eigenvalue weighted by Gasteiger charge is 2.23. The molecule has 1 N–H and O–H groups in total. The first-order valence-corrected chi connectivity index (χ1v) is 10.4. The summed E-state index contributed by atoms with van der Waals surface area (Å²) in [4.78, 5) is 31.4. The van der Waals surface area contributed by atoms with Gasteiger partial charge in [0.05, 0.1) is 16.6 Å². The van der Waals surface area contributed by atoms with Crippen LogP contribution in [-0.4, -0.2) is 42.0 Å². The van der Waals surface area contributed by atoms with Crippen LogP contribution in [0.15, 0.2) is 41.2 Å². The number of hydrogen-bond acceptors (Lipinski definition) is 4. The average molecular weight is 436 g/mol. The van der Waals surface area contributed by atoms with Crippen LogP contribution in [0.2, 0.25) is 0 Å². The molecule has 0 saturated carbocycles. The molecule has 0 unspecified atom stereocenters. The SMILES string of the molecule is Cc1cc(F)cc2c(=O)[nH]c(CCC(=O)N3CCN(c4cc(F)ccc4C#N)CC3)cc12.